The number of hydrogen-bond acceptors (Lipinski definition) is 4. The van der Waals surface area contributed by atoms with Crippen LogP contribution in [0.25, 0.3) is 0 Å². The van der Waals surface area contributed by atoms with Crippen molar-refractivity contribution in [3.05, 3.63) is 74.8 Å². The zero-order valence-corrected chi connectivity index (χ0v) is 13.8. The lowest BCUT2D eigenvalue weighted by molar-refractivity contribution is -0.384. The van der Waals surface area contributed by atoms with Crippen LogP contribution in [0.5, 0.6) is 0 Å². The van der Waals surface area contributed by atoms with E-state index in [0.717, 1.165) is 22.1 Å². The maximum Gasteiger partial charge on any atom is 0.270 e. The number of nitro groups is 1. The summed E-state index contributed by atoms with van der Waals surface area (Å²) < 4.78 is 0. The Kier molecular flexibility index (Phi) is 6.43. The fourth-order valence-corrected chi connectivity index (χ4v) is 3.04. The fourth-order valence-electron chi connectivity index (χ4n) is 1.90. The summed E-state index contributed by atoms with van der Waals surface area (Å²) in [5.74, 6) is 1.19. The van der Waals surface area contributed by atoms with Gasteiger partial charge in [0.05, 0.1) is 4.92 Å². The highest BCUT2D eigenvalue weighted by atomic mass is 35.5. The van der Waals surface area contributed by atoms with E-state index in [1.807, 2.05) is 24.3 Å². The predicted molar refractivity (Wildman–Crippen MR) is 93.0 cm³/mol. The first-order valence-electron chi connectivity index (χ1n) is 6.92. The summed E-state index contributed by atoms with van der Waals surface area (Å²) in [6, 6.07) is 13.3. The zero-order chi connectivity index (χ0) is 16.7. The number of nitro benzene ring substituents is 1. The van der Waals surface area contributed by atoms with Crippen molar-refractivity contribution in [2.75, 3.05) is 12.3 Å². The molecule has 120 valence electrons. The Labute approximate surface area is 143 Å². The largest absolute Gasteiger partial charge is 0.351 e. The third-order valence-electron chi connectivity index (χ3n) is 3.07. The standard InChI is InChI=1S/C16H15ClN2O3S/c17-15-7-2-1-4-13(15)11-23-9-8-18-16(20)12-5-3-6-14(10-12)19(21)22/h1-7,10H,8-9,11H2,(H,18,20). The summed E-state index contributed by atoms with van der Waals surface area (Å²) in [6.45, 7) is 0.483. The van der Waals surface area contributed by atoms with E-state index in [0.29, 0.717) is 6.54 Å². The minimum absolute atomic E-state index is 0.0919. The number of halogens is 1. The number of amides is 1. The Morgan fingerprint density at radius 2 is 2.00 bits per heavy atom. The van der Waals surface area contributed by atoms with E-state index in [4.69, 9.17) is 11.6 Å². The first-order valence-corrected chi connectivity index (χ1v) is 8.45. The molecule has 7 heteroatoms. The number of benzene rings is 2. The summed E-state index contributed by atoms with van der Waals surface area (Å²) in [5.41, 5.74) is 1.25. The van der Waals surface area contributed by atoms with E-state index in [1.165, 1.54) is 18.2 Å². The first-order chi connectivity index (χ1) is 11.1. The van der Waals surface area contributed by atoms with E-state index in [1.54, 1.807) is 17.8 Å². The molecule has 1 N–H and O–H groups in total. The van der Waals surface area contributed by atoms with Gasteiger partial charge in [0.2, 0.25) is 0 Å². The number of carbonyl (C=O) groups excluding carboxylic acids is 1. The summed E-state index contributed by atoms with van der Waals surface area (Å²) in [5, 5.41) is 14.2. The molecule has 0 aliphatic heterocycles. The topological polar surface area (TPSA) is 72.2 Å². The van der Waals surface area contributed by atoms with Crippen molar-refractivity contribution in [3.8, 4) is 0 Å². The highest BCUT2D eigenvalue weighted by molar-refractivity contribution is 7.98. The van der Waals surface area contributed by atoms with Crippen LogP contribution < -0.4 is 5.32 Å². The molecule has 0 bridgehead atoms. The molecule has 0 fully saturated rings. The second-order valence-corrected chi connectivity index (χ2v) is 6.22. The predicted octanol–water partition coefficient (Wildman–Crippen LogP) is 3.91. The molecule has 0 atom stereocenters. The minimum atomic E-state index is -0.518. The van der Waals surface area contributed by atoms with Gasteiger partial charge in [-0.3, -0.25) is 14.9 Å². The Morgan fingerprint density at radius 1 is 1.22 bits per heavy atom. The molecule has 0 aliphatic rings. The molecule has 0 saturated heterocycles. The summed E-state index contributed by atoms with van der Waals surface area (Å²) in [7, 11) is 0. The summed E-state index contributed by atoms with van der Waals surface area (Å²) in [6.07, 6.45) is 0. The van der Waals surface area contributed by atoms with Crippen LogP contribution >= 0.6 is 23.4 Å². The molecule has 0 unspecified atom stereocenters. The van der Waals surface area contributed by atoms with Gasteiger partial charge in [-0.2, -0.15) is 11.8 Å². The van der Waals surface area contributed by atoms with Crippen LogP contribution in [0.4, 0.5) is 5.69 Å². The Bertz CT molecular complexity index is 709. The molecule has 1 amide bonds. The number of hydrogen-bond donors (Lipinski definition) is 1. The van der Waals surface area contributed by atoms with Gasteiger partial charge in [-0.05, 0) is 17.7 Å². The number of carbonyl (C=O) groups is 1. The van der Waals surface area contributed by atoms with Crippen LogP contribution in [0.1, 0.15) is 15.9 Å². The van der Waals surface area contributed by atoms with Gasteiger partial charge in [-0.1, -0.05) is 35.9 Å². The van der Waals surface area contributed by atoms with Gasteiger partial charge in [0.1, 0.15) is 0 Å². The van der Waals surface area contributed by atoms with Gasteiger partial charge in [-0.15, -0.1) is 0 Å². The average Bonchev–Trinajstić information content (AvgIpc) is 2.56. The molecule has 2 aromatic carbocycles. The van der Waals surface area contributed by atoms with Crippen LogP contribution in [-0.4, -0.2) is 23.1 Å². The van der Waals surface area contributed by atoms with Crippen molar-refractivity contribution in [1.82, 2.24) is 5.32 Å². The molecule has 23 heavy (non-hydrogen) atoms. The zero-order valence-electron chi connectivity index (χ0n) is 12.2. The Balaban J connectivity index is 1.76. The molecule has 0 aliphatic carbocycles. The number of nitrogens with one attached hydrogen (secondary N) is 1. The van der Waals surface area contributed by atoms with Crippen molar-refractivity contribution in [2.24, 2.45) is 0 Å². The third kappa shape index (κ3) is 5.26. The quantitative estimate of drug-likeness (QED) is 0.467. The van der Waals surface area contributed by atoms with Crippen molar-refractivity contribution < 1.29 is 9.72 Å². The second kappa shape index (κ2) is 8.55. The number of non-ortho nitro benzene ring substituents is 1. The average molecular weight is 351 g/mol. The van der Waals surface area contributed by atoms with Crippen LogP contribution in [-0.2, 0) is 5.75 Å². The van der Waals surface area contributed by atoms with Crippen LogP contribution in [0.15, 0.2) is 48.5 Å². The molecule has 0 spiro atoms. The van der Waals surface area contributed by atoms with Crippen LogP contribution in [0.3, 0.4) is 0 Å². The van der Waals surface area contributed by atoms with Gasteiger partial charge < -0.3 is 5.32 Å². The van der Waals surface area contributed by atoms with Gasteiger partial charge in [-0.25, -0.2) is 0 Å². The molecule has 2 rings (SSSR count). The normalized spacial score (nSPS) is 10.3. The van der Waals surface area contributed by atoms with Crippen LogP contribution in [0.2, 0.25) is 5.02 Å². The van der Waals surface area contributed by atoms with E-state index < -0.39 is 4.92 Å². The Morgan fingerprint density at radius 3 is 2.74 bits per heavy atom. The molecule has 5 nitrogen and oxygen atoms in total. The van der Waals surface area contributed by atoms with Crippen molar-refractivity contribution in [1.29, 1.82) is 0 Å². The van der Waals surface area contributed by atoms with Gasteiger partial charge in [0.15, 0.2) is 0 Å². The smallest absolute Gasteiger partial charge is 0.270 e. The molecular weight excluding hydrogens is 336 g/mol. The van der Waals surface area contributed by atoms with Gasteiger partial charge in [0, 0.05) is 40.8 Å². The van der Waals surface area contributed by atoms with Crippen molar-refractivity contribution >= 4 is 35.0 Å². The fraction of sp³-hybridized carbons (Fsp3) is 0.188. The van der Waals surface area contributed by atoms with Gasteiger partial charge in [0.25, 0.3) is 11.6 Å². The van der Waals surface area contributed by atoms with E-state index in [9.17, 15) is 14.9 Å². The first kappa shape index (κ1) is 17.3. The molecule has 0 radical (unpaired) electrons. The van der Waals surface area contributed by atoms with Gasteiger partial charge >= 0.3 is 0 Å². The number of nitrogens with zero attached hydrogens (tertiary/aromatic N) is 1. The Hall–Kier alpha value is -2.05. The monoisotopic (exact) mass is 350 g/mol. The maximum atomic E-state index is 11.9. The van der Waals surface area contributed by atoms with E-state index >= 15 is 0 Å². The maximum absolute atomic E-state index is 11.9. The molecule has 0 aromatic heterocycles. The molecule has 0 heterocycles. The van der Waals surface area contributed by atoms with Crippen molar-refractivity contribution in [2.45, 2.75) is 5.75 Å². The number of rotatable bonds is 7. The SMILES string of the molecule is O=C(NCCSCc1ccccc1Cl)c1cccc([N+](=O)[O-])c1. The molecular formula is C16H15ClN2O3S. The van der Waals surface area contributed by atoms with E-state index in [-0.39, 0.29) is 17.2 Å². The second-order valence-electron chi connectivity index (χ2n) is 4.71. The summed E-state index contributed by atoms with van der Waals surface area (Å²) >= 11 is 7.73. The summed E-state index contributed by atoms with van der Waals surface area (Å²) in [4.78, 5) is 22.1. The lowest BCUT2D eigenvalue weighted by Gasteiger charge is -2.06. The lowest BCUT2D eigenvalue weighted by atomic mass is 10.2. The van der Waals surface area contributed by atoms with Crippen LogP contribution in [0, 0.1) is 10.1 Å². The minimum Gasteiger partial charge on any atom is -0.351 e. The highest BCUT2D eigenvalue weighted by Crippen LogP contribution is 2.20. The third-order valence-corrected chi connectivity index (χ3v) is 4.44. The number of thioether (sulfide) groups is 1. The van der Waals surface area contributed by atoms with Crippen molar-refractivity contribution in [3.63, 3.8) is 0 Å². The lowest BCUT2D eigenvalue weighted by Crippen LogP contribution is -2.25. The highest BCUT2D eigenvalue weighted by Gasteiger charge is 2.10. The van der Waals surface area contributed by atoms with E-state index in [2.05, 4.69) is 5.32 Å². The molecule has 2 aromatic rings. The molecule has 0 saturated carbocycles.